The molecule has 0 aliphatic carbocycles. The van der Waals surface area contributed by atoms with Gasteiger partial charge in [-0.15, -0.1) is 0 Å². The molecule has 5 heteroatoms. The van der Waals surface area contributed by atoms with E-state index in [1.807, 2.05) is 0 Å². The van der Waals surface area contributed by atoms with Gasteiger partial charge in [0.2, 0.25) is 0 Å². The monoisotopic (exact) mass is 325 g/mol. The molecule has 122 valence electrons. The lowest BCUT2D eigenvalue weighted by Crippen LogP contribution is -2.36. The van der Waals surface area contributed by atoms with Crippen LogP contribution < -0.4 is 5.43 Å². The van der Waals surface area contributed by atoms with Gasteiger partial charge in [0.15, 0.2) is 5.43 Å². The zero-order chi connectivity index (χ0) is 16.7. The van der Waals surface area contributed by atoms with Gasteiger partial charge in [-0.25, -0.2) is 4.39 Å². The Morgan fingerprint density at radius 1 is 1.12 bits per heavy atom. The van der Waals surface area contributed by atoms with Crippen molar-refractivity contribution >= 4 is 11.0 Å². The van der Waals surface area contributed by atoms with E-state index in [-0.39, 0.29) is 17.0 Å². The second kappa shape index (κ2) is 5.76. The van der Waals surface area contributed by atoms with Crippen molar-refractivity contribution in [2.75, 3.05) is 13.1 Å². The molecule has 1 N–H and O–H groups in total. The Morgan fingerprint density at radius 3 is 2.54 bits per heavy atom. The van der Waals surface area contributed by atoms with Crippen LogP contribution in [0.2, 0.25) is 0 Å². The van der Waals surface area contributed by atoms with E-state index < -0.39 is 0 Å². The number of aromatic hydroxyl groups is 1. The van der Waals surface area contributed by atoms with Crippen molar-refractivity contribution in [3.8, 4) is 17.1 Å². The maximum Gasteiger partial charge on any atom is 0.193 e. The van der Waals surface area contributed by atoms with Gasteiger partial charge in [-0.2, -0.15) is 0 Å². The smallest absolute Gasteiger partial charge is 0.193 e. The summed E-state index contributed by atoms with van der Waals surface area (Å²) in [6.07, 6.45) is 1.13. The van der Waals surface area contributed by atoms with Crippen LogP contribution >= 0.6 is 0 Å². The number of hydrogen-bond acceptors (Lipinski definition) is 4. The number of hydrogen-bond donors (Lipinski definition) is 1. The molecule has 2 aromatic carbocycles. The summed E-state index contributed by atoms with van der Waals surface area (Å²) in [5.74, 6) is 0.146. The van der Waals surface area contributed by atoms with Crippen LogP contribution in [-0.4, -0.2) is 23.1 Å². The van der Waals surface area contributed by atoms with E-state index in [2.05, 4.69) is 4.90 Å². The van der Waals surface area contributed by atoms with Crippen molar-refractivity contribution in [1.82, 2.24) is 4.90 Å². The minimum atomic E-state index is -0.344. The summed E-state index contributed by atoms with van der Waals surface area (Å²) in [6, 6.07) is 10.3. The second-order valence-electron chi connectivity index (χ2n) is 6.05. The molecular weight excluding hydrogens is 309 g/mol. The average Bonchev–Trinajstić information content (AvgIpc) is 2.53. The van der Waals surface area contributed by atoms with E-state index in [1.54, 1.807) is 24.3 Å². The van der Waals surface area contributed by atoms with Gasteiger partial charge in [0.25, 0.3) is 0 Å². The van der Waals surface area contributed by atoms with E-state index in [1.165, 1.54) is 18.2 Å². The maximum absolute atomic E-state index is 13.1. The van der Waals surface area contributed by atoms with Gasteiger partial charge < -0.3 is 9.52 Å². The summed E-state index contributed by atoms with van der Waals surface area (Å²) in [4.78, 5) is 14.8. The Morgan fingerprint density at radius 2 is 1.88 bits per heavy atom. The first kappa shape index (κ1) is 14.9. The topological polar surface area (TPSA) is 53.7 Å². The minimum Gasteiger partial charge on any atom is -0.508 e. The van der Waals surface area contributed by atoms with E-state index in [9.17, 15) is 14.3 Å². The summed E-state index contributed by atoms with van der Waals surface area (Å²) in [5, 5.41) is 10.6. The minimum absolute atomic E-state index is 0.108. The van der Waals surface area contributed by atoms with Crippen molar-refractivity contribution in [1.29, 1.82) is 0 Å². The molecule has 0 atom stereocenters. The zero-order valence-corrected chi connectivity index (χ0v) is 13.0. The van der Waals surface area contributed by atoms with Crippen LogP contribution in [0.15, 0.2) is 51.7 Å². The quantitative estimate of drug-likeness (QED) is 0.801. The molecule has 1 aromatic heterocycles. The predicted molar refractivity (Wildman–Crippen MR) is 89.4 cm³/mol. The number of likely N-dealkylation sites (tertiary alicyclic amines) is 1. The number of halogens is 1. The van der Waals surface area contributed by atoms with Crippen molar-refractivity contribution in [3.05, 3.63) is 64.1 Å². The lowest BCUT2D eigenvalue weighted by Gasteiger charge is -2.31. The second-order valence-corrected chi connectivity index (χ2v) is 6.05. The van der Waals surface area contributed by atoms with Gasteiger partial charge in [0.1, 0.15) is 22.9 Å². The molecule has 1 saturated heterocycles. The highest BCUT2D eigenvalue weighted by molar-refractivity contribution is 5.84. The molecule has 0 amide bonds. The molecule has 0 saturated carbocycles. The van der Waals surface area contributed by atoms with Gasteiger partial charge in [0, 0.05) is 23.7 Å². The van der Waals surface area contributed by atoms with Crippen molar-refractivity contribution in [2.24, 2.45) is 0 Å². The van der Waals surface area contributed by atoms with Crippen molar-refractivity contribution < 1.29 is 13.9 Å². The first-order valence-electron chi connectivity index (χ1n) is 7.89. The molecule has 0 radical (unpaired) electrons. The van der Waals surface area contributed by atoms with Gasteiger partial charge >= 0.3 is 0 Å². The predicted octanol–water partition coefficient (Wildman–Crippen LogP) is 3.51. The first-order valence-corrected chi connectivity index (χ1v) is 7.89. The lowest BCUT2D eigenvalue weighted by molar-refractivity contribution is 0.171. The Bertz CT molecular complexity index is 959. The Labute approximate surface area is 137 Å². The highest BCUT2D eigenvalue weighted by Gasteiger charge is 2.20. The molecule has 0 spiro atoms. The molecule has 1 aliphatic rings. The van der Waals surface area contributed by atoms with Gasteiger partial charge in [-0.1, -0.05) is 0 Å². The molecular formula is C19H16FNO3. The van der Waals surface area contributed by atoms with Crippen LogP contribution in [0.5, 0.6) is 5.75 Å². The van der Waals surface area contributed by atoms with Crippen molar-refractivity contribution in [3.63, 3.8) is 0 Å². The molecule has 0 unspecified atom stereocenters. The Kier molecular flexibility index (Phi) is 3.58. The first-order chi connectivity index (χ1) is 11.6. The summed E-state index contributed by atoms with van der Waals surface area (Å²) >= 11 is 0. The molecule has 2 heterocycles. The van der Waals surface area contributed by atoms with Crippen molar-refractivity contribution in [2.45, 2.75) is 13.0 Å². The van der Waals surface area contributed by atoms with E-state index in [0.717, 1.165) is 19.5 Å². The van der Waals surface area contributed by atoms with Crippen LogP contribution in [0.25, 0.3) is 22.3 Å². The maximum atomic E-state index is 13.1. The fraction of sp³-hybridized carbons (Fsp3) is 0.211. The molecule has 1 aliphatic heterocycles. The summed E-state index contributed by atoms with van der Waals surface area (Å²) in [7, 11) is 0. The third-order valence-electron chi connectivity index (χ3n) is 4.44. The van der Waals surface area contributed by atoms with Crippen LogP contribution in [0.4, 0.5) is 4.39 Å². The number of nitrogens with zero attached hydrogens (tertiary/aromatic N) is 1. The van der Waals surface area contributed by atoms with Gasteiger partial charge in [-0.3, -0.25) is 9.69 Å². The van der Waals surface area contributed by atoms with E-state index >= 15 is 0 Å². The SMILES string of the molecule is O=c1cc(-c2ccc(F)cc2)oc2ccc(O)c(CN3CCC3)c12. The Hall–Kier alpha value is -2.66. The fourth-order valence-electron chi connectivity index (χ4n) is 2.99. The molecule has 3 aromatic rings. The number of fused-ring (bicyclic) bond motifs is 1. The molecule has 4 rings (SSSR count). The van der Waals surface area contributed by atoms with Gasteiger partial charge in [-0.05, 0) is 55.9 Å². The summed E-state index contributed by atoms with van der Waals surface area (Å²) in [5.41, 5.74) is 1.46. The van der Waals surface area contributed by atoms with E-state index in [0.29, 0.717) is 34.4 Å². The largest absolute Gasteiger partial charge is 0.508 e. The zero-order valence-electron chi connectivity index (χ0n) is 13.0. The summed E-state index contributed by atoms with van der Waals surface area (Å²) in [6.45, 7) is 2.47. The van der Waals surface area contributed by atoms with Gasteiger partial charge in [0.05, 0.1) is 5.39 Å². The fourth-order valence-corrected chi connectivity index (χ4v) is 2.99. The molecule has 4 nitrogen and oxygen atoms in total. The number of phenolic OH excluding ortho intramolecular Hbond substituents is 1. The lowest BCUT2D eigenvalue weighted by atomic mass is 10.0. The number of benzene rings is 2. The number of rotatable bonds is 3. The highest BCUT2D eigenvalue weighted by atomic mass is 19.1. The van der Waals surface area contributed by atoms with Crippen LogP contribution in [0.3, 0.4) is 0 Å². The third-order valence-corrected chi connectivity index (χ3v) is 4.44. The third kappa shape index (κ3) is 2.57. The van der Waals surface area contributed by atoms with Crippen LogP contribution in [0, 0.1) is 5.82 Å². The Balaban J connectivity index is 1.85. The van der Waals surface area contributed by atoms with E-state index in [4.69, 9.17) is 4.42 Å². The standard InChI is InChI=1S/C19H16FNO3/c20-13-4-2-12(3-5-13)18-10-16(23)19-14(11-21-8-1-9-21)15(22)6-7-17(19)24-18/h2-7,10,22H,1,8-9,11H2. The van der Waals surface area contributed by atoms with Crippen LogP contribution in [0.1, 0.15) is 12.0 Å². The average molecular weight is 325 g/mol. The highest BCUT2D eigenvalue weighted by Crippen LogP contribution is 2.30. The van der Waals surface area contributed by atoms with Crippen LogP contribution in [-0.2, 0) is 6.54 Å². The number of phenols is 1. The molecule has 0 bridgehead atoms. The molecule has 24 heavy (non-hydrogen) atoms. The summed E-state index contributed by atoms with van der Waals surface area (Å²) < 4.78 is 18.9. The normalized spacial score (nSPS) is 14.7. The molecule has 1 fully saturated rings.